The number of rotatable bonds is 8. The van der Waals surface area contributed by atoms with Crippen molar-refractivity contribution in [3.8, 4) is 5.75 Å². The maximum Gasteiger partial charge on any atom is 0.332 e. The highest BCUT2D eigenvalue weighted by Gasteiger charge is 2.22. The number of hydrogen-bond acceptors (Lipinski definition) is 7. The van der Waals surface area contributed by atoms with Crippen molar-refractivity contribution in [3.05, 3.63) is 23.5 Å². The first-order valence-electron chi connectivity index (χ1n) is 7.06. The van der Waals surface area contributed by atoms with Crippen LogP contribution in [0.3, 0.4) is 0 Å². The fourth-order valence-electron chi connectivity index (χ4n) is 1.61. The summed E-state index contributed by atoms with van der Waals surface area (Å²) < 4.78 is 9.75. The zero-order valence-electron chi connectivity index (χ0n) is 13.3. The monoisotopic (exact) mass is 324 g/mol. The van der Waals surface area contributed by atoms with E-state index in [1.54, 1.807) is 19.9 Å². The molecule has 1 amide bonds. The maximum absolute atomic E-state index is 12.1. The topological polar surface area (TPSA) is 115 Å². The lowest BCUT2D eigenvalue weighted by atomic mass is 10.2. The zero-order valence-corrected chi connectivity index (χ0v) is 13.3. The second-order valence-electron chi connectivity index (χ2n) is 4.78. The summed E-state index contributed by atoms with van der Waals surface area (Å²) in [7, 11) is 0. The summed E-state index contributed by atoms with van der Waals surface area (Å²) in [5, 5.41) is 12.2. The number of hydrogen-bond donors (Lipinski definition) is 2. The van der Waals surface area contributed by atoms with Gasteiger partial charge in [0, 0.05) is 12.8 Å². The largest absolute Gasteiger partial charge is 0.505 e. The molecule has 8 nitrogen and oxygen atoms in total. The SMILES string of the molecule is CCOCC(=O)OCC(NC(=O)c1nccc(C)c1O)C(C)=O. The van der Waals surface area contributed by atoms with Crippen LogP contribution in [-0.2, 0) is 19.1 Å². The summed E-state index contributed by atoms with van der Waals surface area (Å²) in [5.74, 6) is -2.02. The first-order valence-corrected chi connectivity index (χ1v) is 7.06. The molecule has 0 aliphatic carbocycles. The van der Waals surface area contributed by atoms with E-state index in [1.165, 1.54) is 13.1 Å². The first kappa shape index (κ1) is 18.6. The molecule has 1 aromatic rings. The summed E-state index contributed by atoms with van der Waals surface area (Å²) >= 11 is 0. The summed E-state index contributed by atoms with van der Waals surface area (Å²) in [6.07, 6.45) is 1.37. The molecular weight excluding hydrogens is 304 g/mol. The van der Waals surface area contributed by atoms with Crippen LogP contribution in [0.5, 0.6) is 5.75 Å². The molecule has 0 aliphatic heterocycles. The molecule has 0 bridgehead atoms. The normalized spacial score (nSPS) is 11.6. The first-order chi connectivity index (χ1) is 10.9. The molecule has 1 unspecified atom stereocenters. The van der Waals surface area contributed by atoms with Gasteiger partial charge in [-0.3, -0.25) is 9.59 Å². The molecule has 126 valence electrons. The number of ether oxygens (including phenoxy) is 2. The number of amides is 1. The van der Waals surface area contributed by atoms with Crippen LogP contribution in [0.2, 0.25) is 0 Å². The summed E-state index contributed by atoms with van der Waals surface area (Å²) in [6, 6.07) is 0.513. The molecule has 0 fully saturated rings. The molecular formula is C15H20N2O6. The van der Waals surface area contributed by atoms with Crippen LogP contribution in [0.25, 0.3) is 0 Å². The van der Waals surface area contributed by atoms with E-state index >= 15 is 0 Å². The van der Waals surface area contributed by atoms with Crippen molar-refractivity contribution in [1.29, 1.82) is 0 Å². The number of aryl methyl sites for hydroxylation is 1. The second-order valence-corrected chi connectivity index (χ2v) is 4.78. The van der Waals surface area contributed by atoms with E-state index in [1.807, 2.05) is 0 Å². The molecule has 1 atom stereocenters. The van der Waals surface area contributed by atoms with Crippen molar-refractivity contribution < 1.29 is 29.0 Å². The van der Waals surface area contributed by atoms with Crippen LogP contribution in [0.15, 0.2) is 12.3 Å². The van der Waals surface area contributed by atoms with Gasteiger partial charge >= 0.3 is 5.97 Å². The van der Waals surface area contributed by atoms with Gasteiger partial charge in [-0.2, -0.15) is 0 Å². The standard InChI is InChI=1S/C15H20N2O6/c1-4-22-8-12(19)23-7-11(10(3)18)17-15(21)13-14(20)9(2)5-6-16-13/h5-6,11,20H,4,7-8H2,1-3H3,(H,17,21). The van der Waals surface area contributed by atoms with Gasteiger partial charge in [-0.1, -0.05) is 0 Å². The molecule has 0 saturated heterocycles. The minimum absolute atomic E-state index is 0.197. The van der Waals surface area contributed by atoms with E-state index in [0.29, 0.717) is 12.2 Å². The molecule has 1 aromatic heterocycles. The van der Waals surface area contributed by atoms with Gasteiger partial charge in [0.2, 0.25) is 0 Å². The second kappa shape index (κ2) is 8.84. The van der Waals surface area contributed by atoms with Crippen molar-refractivity contribution in [1.82, 2.24) is 10.3 Å². The molecule has 0 aliphatic rings. The van der Waals surface area contributed by atoms with Crippen molar-refractivity contribution >= 4 is 17.7 Å². The maximum atomic E-state index is 12.1. The van der Waals surface area contributed by atoms with Crippen molar-refractivity contribution in [3.63, 3.8) is 0 Å². The Morgan fingerprint density at radius 2 is 2.09 bits per heavy atom. The number of ketones is 1. The van der Waals surface area contributed by atoms with Crippen LogP contribution in [-0.4, -0.2) is 53.6 Å². The van der Waals surface area contributed by atoms with Gasteiger partial charge in [-0.15, -0.1) is 0 Å². The third-order valence-electron chi connectivity index (χ3n) is 2.97. The lowest BCUT2D eigenvalue weighted by Gasteiger charge is -2.16. The molecule has 0 spiro atoms. The Hall–Kier alpha value is -2.48. The number of pyridine rings is 1. The smallest absolute Gasteiger partial charge is 0.332 e. The Morgan fingerprint density at radius 3 is 2.70 bits per heavy atom. The molecule has 23 heavy (non-hydrogen) atoms. The Bertz CT molecular complexity index is 587. The number of Topliss-reactive ketones (excluding diaryl/α,β-unsaturated/α-hetero) is 1. The highest BCUT2D eigenvalue weighted by atomic mass is 16.6. The number of nitrogens with one attached hydrogen (secondary N) is 1. The number of aromatic hydroxyl groups is 1. The van der Waals surface area contributed by atoms with Gasteiger partial charge in [0.05, 0.1) is 0 Å². The minimum atomic E-state index is -1.03. The van der Waals surface area contributed by atoms with Gasteiger partial charge < -0.3 is 19.9 Å². The predicted molar refractivity (Wildman–Crippen MR) is 80.0 cm³/mol. The van der Waals surface area contributed by atoms with E-state index in [4.69, 9.17) is 9.47 Å². The van der Waals surface area contributed by atoms with Crippen LogP contribution in [0.4, 0.5) is 0 Å². The fourth-order valence-corrected chi connectivity index (χ4v) is 1.61. The fraction of sp³-hybridized carbons (Fsp3) is 0.467. The number of carbonyl (C=O) groups excluding carboxylic acids is 3. The number of carbonyl (C=O) groups is 3. The lowest BCUT2D eigenvalue weighted by molar-refractivity contribution is -0.150. The van der Waals surface area contributed by atoms with Crippen molar-refractivity contribution in [2.24, 2.45) is 0 Å². The summed E-state index contributed by atoms with van der Waals surface area (Å²) in [4.78, 5) is 38.8. The Kier molecular flexibility index (Phi) is 7.14. The van der Waals surface area contributed by atoms with E-state index in [0.717, 1.165) is 0 Å². The summed E-state index contributed by atoms with van der Waals surface area (Å²) in [6.45, 7) is 4.42. The highest BCUT2D eigenvalue weighted by Crippen LogP contribution is 2.18. The Balaban J connectivity index is 2.69. The van der Waals surface area contributed by atoms with Gasteiger partial charge in [-0.25, -0.2) is 9.78 Å². The molecule has 8 heteroatoms. The van der Waals surface area contributed by atoms with Crippen LogP contribution in [0.1, 0.15) is 29.9 Å². The molecule has 2 N–H and O–H groups in total. The average molecular weight is 324 g/mol. The lowest BCUT2D eigenvalue weighted by Crippen LogP contribution is -2.44. The van der Waals surface area contributed by atoms with Gasteiger partial charge in [0.1, 0.15) is 25.0 Å². The Labute approximate surface area is 133 Å². The minimum Gasteiger partial charge on any atom is -0.505 e. The quantitative estimate of drug-likeness (QED) is 0.663. The Morgan fingerprint density at radius 1 is 1.39 bits per heavy atom. The van der Waals surface area contributed by atoms with Gasteiger partial charge in [0.15, 0.2) is 11.5 Å². The highest BCUT2D eigenvalue weighted by molar-refractivity contribution is 5.98. The van der Waals surface area contributed by atoms with Crippen molar-refractivity contribution in [2.75, 3.05) is 19.8 Å². The molecule has 1 rings (SSSR count). The van der Waals surface area contributed by atoms with E-state index in [-0.39, 0.29) is 24.7 Å². The third-order valence-corrected chi connectivity index (χ3v) is 2.97. The van der Waals surface area contributed by atoms with Crippen LogP contribution in [0, 0.1) is 6.92 Å². The van der Waals surface area contributed by atoms with Gasteiger partial charge in [-0.05, 0) is 32.4 Å². The van der Waals surface area contributed by atoms with E-state index in [2.05, 4.69) is 10.3 Å². The third kappa shape index (κ3) is 5.67. The molecule has 0 radical (unpaired) electrons. The number of aromatic nitrogens is 1. The summed E-state index contributed by atoms with van der Waals surface area (Å²) in [5.41, 5.74) is 0.282. The molecule has 0 saturated carbocycles. The molecule has 1 heterocycles. The predicted octanol–water partition coefficient (Wildman–Crippen LogP) is 0.363. The van der Waals surface area contributed by atoms with Crippen molar-refractivity contribution in [2.45, 2.75) is 26.8 Å². The van der Waals surface area contributed by atoms with E-state index in [9.17, 15) is 19.5 Å². The molecule has 0 aromatic carbocycles. The number of esters is 1. The van der Waals surface area contributed by atoms with E-state index < -0.39 is 23.7 Å². The van der Waals surface area contributed by atoms with Crippen LogP contribution < -0.4 is 5.32 Å². The average Bonchev–Trinajstić information content (AvgIpc) is 2.51. The number of nitrogens with zero attached hydrogens (tertiary/aromatic N) is 1. The van der Waals surface area contributed by atoms with Crippen LogP contribution >= 0.6 is 0 Å². The zero-order chi connectivity index (χ0) is 17.4. The van der Waals surface area contributed by atoms with Gasteiger partial charge in [0.25, 0.3) is 5.91 Å².